The molecule has 1 aliphatic heterocycles. The summed E-state index contributed by atoms with van der Waals surface area (Å²) in [6.45, 7) is -0.134. The van der Waals surface area contributed by atoms with Gasteiger partial charge in [-0.05, 0) is 17.7 Å². The normalized spacial score (nSPS) is 17.2. The van der Waals surface area contributed by atoms with Gasteiger partial charge in [-0.15, -0.1) is 0 Å². The van der Waals surface area contributed by atoms with Crippen molar-refractivity contribution >= 4 is 11.6 Å². The van der Waals surface area contributed by atoms with Crippen LogP contribution >= 0.6 is 0 Å². The van der Waals surface area contributed by atoms with Crippen molar-refractivity contribution in [1.82, 2.24) is 0 Å². The predicted octanol–water partition coefficient (Wildman–Crippen LogP) is 2.15. The molecule has 20 heavy (non-hydrogen) atoms. The molecule has 102 valence electrons. The third-order valence-electron chi connectivity index (χ3n) is 3.42. The lowest BCUT2D eigenvalue weighted by Crippen LogP contribution is -2.42. The summed E-state index contributed by atoms with van der Waals surface area (Å²) in [6.07, 6.45) is 0. The number of hydrogen-bond donors (Lipinski definition) is 1. The second kappa shape index (κ2) is 5.35. The van der Waals surface area contributed by atoms with E-state index in [0.717, 1.165) is 5.56 Å². The van der Waals surface area contributed by atoms with Crippen LogP contribution < -0.4 is 9.64 Å². The maximum absolute atomic E-state index is 12.1. The van der Waals surface area contributed by atoms with Crippen LogP contribution in [0.4, 0.5) is 5.69 Å². The molecular formula is C16H15NO3. The molecule has 2 aromatic carbocycles. The number of benzene rings is 2. The molecular weight excluding hydrogens is 254 g/mol. The molecule has 0 saturated carbocycles. The fourth-order valence-electron chi connectivity index (χ4n) is 2.49. The number of hydrogen-bond acceptors (Lipinski definition) is 3. The highest BCUT2D eigenvalue weighted by atomic mass is 16.5. The van der Waals surface area contributed by atoms with Gasteiger partial charge in [-0.3, -0.25) is 9.69 Å². The summed E-state index contributed by atoms with van der Waals surface area (Å²) in [7, 11) is 0. The Morgan fingerprint density at radius 1 is 1.15 bits per heavy atom. The van der Waals surface area contributed by atoms with Crippen molar-refractivity contribution in [3.8, 4) is 5.75 Å². The van der Waals surface area contributed by atoms with Crippen LogP contribution in [0, 0.1) is 0 Å². The third-order valence-corrected chi connectivity index (χ3v) is 3.42. The number of aliphatic hydroxyl groups excluding tert-OH is 1. The number of fused-ring (bicyclic) bond motifs is 1. The first-order valence-corrected chi connectivity index (χ1v) is 6.51. The van der Waals surface area contributed by atoms with Gasteiger partial charge in [0, 0.05) is 0 Å². The smallest absolute Gasteiger partial charge is 0.253 e. The number of amides is 1. The van der Waals surface area contributed by atoms with Gasteiger partial charge in [-0.25, -0.2) is 0 Å². The van der Waals surface area contributed by atoms with Crippen LogP contribution in [0.5, 0.6) is 5.75 Å². The van der Waals surface area contributed by atoms with Gasteiger partial charge < -0.3 is 9.84 Å². The van der Waals surface area contributed by atoms with Gasteiger partial charge in [-0.2, -0.15) is 0 Å². The van der Waals surface area contributed by atoms with Crippen LogP contribution in [0.3, 0.4) is 0 Å². The number of carbonyl (C=O) groups excluding carboxylic acids is 1. The van der Waals surface area contributed by atoms with Crippen molar-refractivity contribution in [3.05, 3.63) is 60.2 Å². The summed E-state index contributed by atoms with van der Waals surface area (Å²) >= 11 is 0. The average molecular weight is 269 g/mol. The van der Waals surface area contributed by atoms with Crippen molar-refractivity contribution in [2.45, 2.75) is 6.04 Å². The van der Waals surface area contributed by atoms with Crippen molar-refractivity contribution in [2.24, 2.45) is 0 Å². The average Bonchev–Trinajstić information content (AvgIpc) is 2.54. The van der Waals surface area contributed by atoms with Crippen LogP contribution in [0.15, 0.2) is 54.6 Å². The highest BCUT2D eigenvalue weighted by Crippen LogP contribution is 2.39. The molecule has 4 heteroatoms. The second-order valence-corrected chi connectivity index (χ2v) is 4.63. The standard InChI is InChI=1S/C16H15NO3/c18-10-16(19)17-13-8-4-5-9-15(13)20-11-14(17)12-6-2-1-3-7-12/h1-9,14,18H,10-11H2. The summed E-state index contributed by atoms with van der Waals surface area (Å²) < 4.78 is 5.74. The van der Waals surface area contributed by atoms with Gasteiger partial charge in [0.05, 0.1) is 11.7 Å². The minimum Gasteiger partial charge on any atom is -0.489 e. The van der Waals surface area contributed by atoms with Crippen molar-refractivity contribution in [1.29, 1.82) is 0 Å². The van der Waals surface area contributed by atoms with Gasteiger partial charge in [0.15, 0.2) is 0 Å². The van der Waals surface area contributed by atoms with Gasteiger partial charge in [0.1, 0.15) is 19.0 Å². The number of ether oxygens (including phenoxy) is 1. The molecule has 2 aromatic rings. The minimum atomic E-state index is -0.516. The van der Waals surface area contributed by atoms with E-state index >= 15 is 0 Å². The third kappa shape index (κ3) is 2.14. The Labute approximate surface area is 117 Å². The predicted molar refractivity (Wildman–Crippen MR) is 75.7 cm³/mol. The van der Waals surface area contributed by atoms with Crippen LogP contribution in [0.2, 0.25) is 0 Å². The number of rotatable bonds is 2. The van der Waals surface area contributed by atoms with E-state index < -0.39 is 6.61 Å². The molecule has 0 saturated heterocycles. The Kier molecular flexibility index (Phi) is 3.39. The number of para-hydroxylation sites is 2. The zero-order valence-corrected chi connectivity index (χ0v) is 10.9. The van der Waals surface area contributed by atoms with E-state index in [1.54, 1.807) is 4.90 Å². The largest absolute Gasteiger partial charge is 0.489 e. The van der Waals surface area contributed by atoms with Crippen molar-refractivity contribution < 1.29 is 14.6 Å². The quantitative estimate of drug-likeness (QED) is 0.908. The molecule has 0 spiro atoms. The SMILES string of the molecule is O=C(CO)N1c2ccccc2OCC1c1ccccc1. The Bertz CT molecular complexity index is 612. The molecule has 3 rings (SSSR count). The molecule has 1 N–H and O–H groups in total. The number of aliphatic hydroxyl groups is 1. The maximum atomic E-state index is 12.1. The number of carbonyl (C=O) groups is 1. The van der Waals surface area contributed by atoms with E-state index in [1.165, 1.54) is 0 Å². The molecule has 1 amide bonds. The van der Waals surface area contributed by atoms with E-state index in [2.05, 4.69) is 0 Å². The van der Waals surface area contributed by atoms with E-state index in [-0.39, 0.29) is 11.9 Å². The van der Waals surface area contributed by atoms with E-state index in [1.807, 2.05) is 54.6 Å². The molecule has 1 atom stereocenters. The maximum Gasteiger partial charge on any atom is 0.253 e. The zero-order chi connectivity index (χ0) is 13.9. The van der Waals surface area contributed by atoms with Crippen LogP contribution in [-0.4, -0.2) is 24.2 Å². The van der Waals surface area contributed by atoms with Gasteiger partial charge >= 0.3 is 0 Å². The summed E-state index contributed by atoms with van der Waals surface area (Å²) in [5.41, 5.74) is 1.69. The minimum absolute atomic E-state index is 0.217. The van der Waals surface area contributed by atoms with E-state index in [4.69, 9.17) is 4.74 Å². The summed E-state index contributed by atoms with van der Waals surface area (Å²) in [4.78, 5) is 13.8. The fourth-order valence-corrected chi connectivity index (χ4v) is 2.49. The summed E-state index contributed by atoms with van der Waals surface area (Å²) in [5.74, 6) is 0.344. The monoisotopic (exact) mass is 269 g/mol. The molecule has 0 aromatic heterocycles. The van der Waals surface area contributed by atoms with Crippen molar-refractivity contribution in [2.75, 3.05) is 18.1 Å². The lowest BCUT2D eigenvalue weighted by Gasteiger charge is -2.36. The molecule has 1 heterocycles. The zero-order valence-electron chi connectivity index (χ0n) is 10.9. The van der Waals surface area contributed by atoms with Crippen LogP contribution in [0.1, 0.15) is 11.6 Å². The first-order valence-electron chi connectivity index (χ1n) is 6.51. The number of anilines is 1. The Morgan fingerprint density at radius 2 is 1.85 bits per heavy atom. The second-order valence-electron chi connectivity index (χ2n) is 4.63. The topological polar surface area (TPSA) is 49.8 Å². The summed E-state index contributed by atoms with van der Waals surface area (Å²) in [5, 5.41) is 9.25. The van der Waals surface area contributed by atoms with Gasteiger partial charge in [0.25, 0.3) is 5.91 Å². The lowest BCUT2D eigenvalue weighted by molar-refractivity contribution is -0.122. The van der Waals surface area contributed by atoms with E-state index in [9.17, 15) is 9.90 Å². The lowest BCUT2D eigenvalue weighted by atomic mass is 10.0. The van der Waals surface area contributed by atoms with Crippen molar-refractivity contribution in [3.63, 3.8) is 0 Å². The fraction of sp³-hybridized carbons (Fsp3) is 0.188. The molecule has 0 radical (unpaired) electrons. The van der Waals surface area contributed by atoms with Gasteiger partial charge in [0.2, 0.25) is 0 Å². The molecule has 0 bridgehead atoms. The first kappa shape index (κ1) is 12.7. The Morgan fingerprint density at radius 3 is 2.60 bits per heavy atom. The number of nitrogens with zero attached hydrogens (tertiary/aromatic N) is 1. The van der Waals surface area contributed by atoms with E-state index in [0.29, 0.717) is 18.0 Å². The van der Waals surface area contributed by atoms with Crippen LogP contribution in [0.25, 0.3) is 0 Å². The highest BCUT2D eigenvalue weighted by Gasteiger charge is 2.32. The summed E-state index contributed by atoms with van der Waals surface area (Å²) in [6, 6.07) is 16.9. The van der Waals surface area contributed by atoms with Gasteiger partial charge in [-0.1, -0.05) is 42.5 Å². The highest BCUT2D eigenvalue weighted by molar-refractivity contribution is 5.96. The Hall–Kier alpha value is -2.33. The molecule has 4 nitrogen and oxygen atoms in total. The first-order chi connectivity index (χ1) is 9.81. The Balaban J connectivity index is 2.06. The molecule has 0 fully saturated rings. The molecule has 1 unspecified atom stereocenters. The molecule has 0 aliphatic carbocycles. The van der Waals surface area contributed by atoms with Crippen LogP contribution in [-0.2, 0) is 4.79 Å². The molecule has 1 aliphatic rings.